The molecule has 3 aromatic rings. The Bertz CT molecular complexity index is 1250. The molecule has 0 saturated carbocycles. The van der Waals surface area contributed by atoms with E-state index in [0.717, 1.165) is 61.7 Å². The van der Waals surface area contributed by atoms with Crippen LogP contribution in [0, 0.1) is 5.92 Å². The van der Waals surface area contributed by atoms with Crippen LogP contribution in [0.4, 0.5) is 0 Å². The SMILES string of the molecule is O=C(COC(c1cccc2ccccc12)C1CCCCN1S(=O)[O-])NCC1CCCN(Cc2ccccc2)C1. The highest BCUT2D eigenvalue weighted by molar-refractivity contribution is 7.76. The first-order valence-electron chi connectivity index (χ1n) is 14.1. The minimum absolute atomic E-state index is 0.107. The predicted molar refractivity (Wildman–Crippen MR) is 153 cm³/mol. The lowest BCUT2D eigenvalue weighted by atomic mass is 9.91. The number of ether oxygens (including phenoxy) is 1. The van der Waals surface area contributed by atoms with Crippen molar-refractivity contribution in [2.24, 2.45) is 5.92 Å². The molecular weight excluding hydrogens is 510 g/mol. The molecule has 1 amide bonds. The lowest BCUT2D eigenvalue weighted by molar-refractivity contribution is -0.129. The first-order chi connectivity index (χ1) is 19.1. The van der Waals surface area contributed by atoms with Crippen molar-refractivity contribution in [2.45, 2.75) is 50.8 Å². The maximum absolute atomic E-state index is 13.0. The summed E-state index contributed by atoms with van der Waals surface area (Å²) in [7, 11) is 0. The minimum Gasteiger partial charge on any atom is -0.760 e. The molecule has 0 aromatic heterocycles. The Hall–Kier alpha value is -2.62. The Morgan fingerprint density at radius 3 is 2.62 bits per heavy atom. The number of piperidine rings is 2. The Morgan fingerprint density at radius 2 is 1.77 bits per heavy atom. The molecule has 1 N–H and O–H groups in total. The summed E-state index contributed by atoms with van der Waals surface area (Å²) in [5.41, 5.74) is 2.23. The number of likely N-dealkylation sites (tertiary alicyclic amines) is 1. The maximum Gasteiger partial charge on any atom is 0.246 e. The molecule has 0 bridgehead atoms. The van der Waals surface area contributed by atoms with Crippen LogP contribution in [0.25, 0.3) is 10.8 Å². The molecule has 2 aliphatic rings. The van der Waals surface area contributed by atoms with Crippen LogP contribution >= 0.6 is 0 Å². The molecule has 2 saturated heterocycles. The smallest absolute Gasteiger partial charge is 0.246 e. The topological polar surface area (TPSA) is 84.9 Å². The van der Waals surface area contributed by atoms with Crippen LogP contribution < -0.4 is 5.32 Å². The van der Waals surface area contributed by atoms with Gasteiger partial charge >= 0.3 is 0 Å². The number of amides is 1. The van der Waals surface area contributed by atoms with E-state index in [-0.39, 0.29) is 18.6 Å². The molecule has 39 heavy (non-hydrogen) atoms. The highest BCUT2D eigenvalue weighted by atomic mass is 32.2. The summed E-state index contributed by atoms with van der Waals surface area (Å²) in [5.74, 6) is 0.239. The van der Waals surface area contributed by atoms with Gasteiger partial charge in [-0.1, -0.05) is 79.2 Å². The molecule has 208 valence electrons. The van der Waals surface area contributed by atoms with Gasteiger partial charge in [0, 0.05) is 37.4 Å². The second-order valence-electron chi connectivity index (χ2n) is 10.8. The van der Waals surface area contributed by atoms with Crippen LogP contribution in [0.1, 0.15) is 49.3 Å². The molecule has 2 aliphatic heterocycles. The van der Waals surface area contributed by atoms with Gasteiger partial charge in [-0.05, 0) is 60.0 Å². The van der Waals surface area contributed by atoms with Crippen LogP contribution in [0.3, 0.4) is 0 Å². The van der Waals surface area contributed by atoms with Gasteiger partial charge in [0.25, 0.3) is 0 Å². The van der Waals surface area contributed by atoms with E-state index >= 15 is 0 Å². The van der Waals surface area contributed by atoms with Crippen LogP contribution in [0.15, 0.2) is 72.8 Å². The van der Waals surface area contributed by atoms with Gasteiger partial charge in [-0.2, -0.15) is 0 Å². The Labute approximate surface area is 233 Å². The number of nitrogens with one attached hydrogen (secondary N) is 1. The zero-order chi connectivity index (χ0) is 27.0. The standard InChI is InChI=1S/C31H39N3O4S/c35-30(32-20-25-12-9-18-33(22-25)21-24-10-2-1-3-11-24)23-38-31(29-17-6-7-19-34(29)39(36)37)28-16-8-14-26-13-4-5-15-27(26)28/h1-5,8,10-11,13-16,25,29,31H,6-7,9,12,17-23H2,(H,32,35)(H,36,37)/p-1. The van der Waals surface area contributed by atoms with Crippen molar-refractivity contribution in [3.05, 3.63) is 83.9 Å². The number of nitrogens with zero attached hydrogens (tertiary/aromatic N) is 2. The Balaban J connectivity index is 1.23. The van der Waals surface area contributed by atoms with Crippen molar-refractivity contribution < 1.29 is 18.3 Å². The van der Waals surface area contributed by atoms with Crippen LogP contribution in [0.2, 0.25) is 0 Å². The van der Waals surface area contributed by atoms with Gasteiger partial charge in [0.15, 0.2) is 0 Å². The average molecular weight is 549 g/mol. The van der Waals surface area contributed by atoms with Gasteiger partial charge in [-0.25, -0.2) is 4.31 Å². The third-order valence-electron chi connectivity index (χ3n) is 8.00. The summed E-state index contributed by atoms with van der Waals surface area (Å²) in [5, 5.41) is 5.18. The molecule has 7 nitrogen and oxygen atoms in total. The number of rotatable bonds is 10. The number of carbonyl (C=O) groups is 1. The number of fused-ring (bicyclic) bond motifs is 1. The zero-order valence-corrected chi connectivity index (χ0v) is 23.2. The third kappa shape index (κ3) is 7.32. The predicted octanol–water partition coefficient (Wildman–Crippen LogP) is 4.57. The van der Waals surface area contributed by atoms with E-state index in [1.807, 2.05) is 48.5 Å². The van der Waals surface area contributed by atoms with Gasteiger partial charge in [0.05, 0.1) is 6.04 Å². The minimum atomic E-state index is -2.35. The van der Waals surface area contributed by atoms with Crippen molar-refractivity contribution in [2.75, 3.05) is 32.8 Å². The van der Waals surface area contributed by atoms with Crippen molar-refractivity contribution >= 4 is 27.9 Å². The van der Waals surface area contributed by atoms with E-state index in [1.165, 1.54) is 9.87 Å². The summed E-state index contributed by atoms with van der Waals surface area (Å²) < 4.78 is 32.0. The summed E-state index contributed by atoms with van der Waals surface area (Å²) in [6.45, 7) is 3.95. The van der Waals surface area contributed by atoms with E-state index in [1.54, 1.807) is 0 Å². The Kier molecular flexibility index (Phi) is 9.76. The van der Waals surface area contributed by atoms with Crippen molar-refractivity contribution in [1.29, 1.82) is 0 Å². The average Bonchev–Trinajstić information content (AvgIpc) is 2.97. The fraction of sp³-hybridized carbons (Fsp3) is 0.452. The van der Waals surface area contributed by atoms with Crippen molar-refractivity contribution in [3.8, 4) is 0 Å². The van der Waals surface area contributed by atoms with Crippen molar-refractivity contribution in [1.82, 2.24) is 14.5 Å². The molecule has 3 aromatic carbocycles. The quantitative estimate of drug-likeness (QED) is 0.375. The van der Waals surface area contributed by atoms with E-state index < -0.39 is 17.4 Å². The molecular formula is C31H38N3O4S-. The number of carbonyl (C=O) groups excluding carboxylic acids is 1. The van der Waals surface area contributed by atoms with Gasteiger partial charge in [0.1, 0.15) is 12.7 Å². The van der Waals surface area contributed by atoms with Gasteiger partial charge in [-0.15, -0.1) is 0 Å². The Morgan fingerprint density at radius 1 is 0.974 bits per heavy atom. The van der Waals surface area contributed by atoms with Crippen molar-refractivity contribution in [3.63, 3.8) is 0 Å². The molecule has 0 aliphatic carbocycles. The maximum atomic E-state index is 13.0. The number of hydrogen-bond acceptors (Lipinski definition) is 5. The monoisotopic (exact) mass is 548 g/mol. The molecule has 4 atom stereocenters. The van der Waals surface area contributed by atoms with Gasteiger partial charge in [0.2, 0.25) is 5.91 Å². The zero-order valence-electron chi connectivity index (χ0n) is 22.4. The molecule has 5 rings (SSSR count). The highest BCUT2D eigenvalue weighted by Gasteiger charge is 2.34. The van der Waals surface area contributed by atoms with Gasteiger partial charge < -0.3 is 14.6 Å². The van der Waals surface area contributed by atoms with Crippen LogP contribution in [0.5, 0.6) is 0 Å². The number of benzene rings is 3. The third-order valence-corrected chi connectivity index (χ3v) is 8.84. The second kappa shape index (κ2) is 13.6. The molecule has 2 fully saturated rings. The first-order valence-corrected chi connectivity index (χ1v) is 15.1. The summed E-state index contributed by atoms with van der Waals surface area (Å²) in [6.07, 6.45) is 4.14. The molecule has 0 spiro atoms. The molecule has 2 heterocycles. The fourth-order valence-electron chi connectivity index (χ4n) is 6.10. The molecule has 8 heteroatoms. The van der Waals surface area contributed by atoms with E-state index in [0.29, 0.717) is 25.4 Å². The summed E-state index contributed by atoms with van der Waals surface area (Å²) >= 11 is -2.35. The normalized spacial score (nSPS) is 22.4. The highest BCUT2D eigenvalue weighted by Crippen LogP contribution is 2.35. The second-order valence-corrected chi connectivity index (χ2v) is 11.7. The fourth-order valence-corrected chi connectivity index (χ4v) is 6.82. The van der Waals surface area contributed by atoms with Gasteiger partial charge in [-0.3, -0.25) is 13.9 Å². The summed E-state index contributed by atoms with van der Waals surface area (Å²) in [6, 6.07) is 24.2. The van der Waals surface area contributed by atoms with Crippen LogP contribution in [-0.4, -0.2) is 62.7 Å². The van der Waals surface area contributed by atoms with Crippen LogP contribution in [-0.2, 0) is 27.3 Å². The lowest BCUT2D eigenvalue weighted by Gasteiger charge is -2.41. The summed E-state index contributed by atoms with van der Waals surface area (Å²) in [4.78, 5) is 15.4. The number of hydrogen-bond donors (Lipinski definition) is 1. The van der Waals surface area contributed by atoms with E-state index in [2.05, 4.69) is 34.5 Å². The van der Waals surface area contributed by atoms with E-state index in [9.17, 15) is 13.6 Å². The lowest BCUT2D eigenvalue weighted by Crippen LogP contribution is -2.46. The molecule has 0 radical (unpaired) electrons. The molecule has 4 unspecified atom stereocenters. The van der Waals surface area contributed by atoms with E-state index in [4.69, 9.17) is 4.74 Å². The largest absolute Gasteiger partial charge is 0.760 e. The first kappa shape index (κ1) is 27.9.